The van der Waals surface area contributed by atoms with Gasteiger partial charge in [-0.05, 0) is 56.7 Å². The molecule has 1 amide bonds. The molecular weight excluding hydrogens is 302 g/mol. The van der Waals surface area contributed by atoms with Gasteiger partial charge in [-0.25, -0.2) is 9.67 Å². The van der Waals surface area contributed by atoms with Gasteiger partial charge in [-0.15, -0.1) is 0 Å². The van der Waals surface area contributed by atoms with E-state index in [1.165, 1.54) is 11.1 Å². The highest BCUT2D eigenvalue weighted by Crippen LogP contribution is 2.33. The normalized spacial score (nSPS) is 21.0. The minimum Gasteiger partial charge on any atom is -0.369 e. The number of nitrogens with zero attached hydrogens (tertiary/aromatic N) is 3. The first-order valence-corrected chi connectivity index (χ1v) is 8.52. The molecule has 6 heteroatoms. The summed E-state index contributed by atoms with van der Waals surface area (Å²) in [5.41, 5.74) is 14.8. The zero-order valence-electron chi connectivity index (χ0n) is 14.3. The summed E-state index contributed by atoms with van der Waals surface area (Å²) in [5, 5.41) is 4.59. The Hall–Kier alpha value is -2.21. The molecule has 1 saturated carbocycles. The van der Waals surface area contributed by atoms with Crippen LogP contribution >= 0.6 is 0 Å². The van der Waals surface area contributed by atoms with E-state index in [1.54, 1.807) is 0 Å². The zero-order chi connectivity index (χ0) is 17.3. The smallest absolute Gasteiger partial charge is 0.225 e. The molecule has 1 heterocycles. The van der Waals surface area contributed by atoms with E-state index >= 15 is 0 Å². The summed E-state index contributed by atoms with van der Waals surface area (Å²) in [6.07, 6.45) is 4.06. The van der Waals surface area contributed by atoms with E-state index in [-0.39, 0.29) is 12.5 Å². The molecule has 4 N–H and O–H groups in total. The quantitative estimate of drug-likeness (QED) is 0.895. The van der Waals surface area contributed by atoms with Crippen molar-refractivity contribution in [3.05, 3.63) is 41.0 Å². The Bertz CT molecular complexity index is 744. The van der Waals surface area contributed by atoms with Crippen LogP contribution in [0.25, 0.3) is 5.69 Å². The molecule has 1 fully saturated rings. The van der Waals surface area contributed by atoms with Crippen molar-refractivity contribution in [1.82, 2.24) is 14.8 Å². The number of nitrogens with two attached hydrogens (primary N) is 2. The van der Waals surface area contributed by atoms with Gasteiger partial charge in [0.1, 0.15) is 5.82 Å². The van der Waals surface area contributed by atoms with Crippen LogP contribution in [0.4, 0.5) is 0 Å². The van der Waals surface area contributed by atoms with Crippen molar-refractivity contribution < 1.29 is 4.79 Å². The lowest BCUT2D eigenvalue weighted by Crippen LogP contribution is -2.26. The molecular formula is C18H25N5O. The molecule has 0 aliphatic heterocycles. The van der Waals surface area contributed by atoms with Gasteiger partial charge >= 0.3 is 0 Å². The summed E-state index contributed by atoms with van der Waals surface area (Å²) in [4.78, 5) is 15.9. The molecule has 0 saturated heterocycles. The van der Waals surface area contributed by atoms with E-state index in [1.807, 2.05) is 16.8 Å². The van der Waals surface area contributed by atoms with Crippen LogP contribution in [0.3, 0.4) is 0 Å². The van der Waals surface area contributed by atoms with Crippen molar-refractivity contribution >= 4 is 5.91 Å². The Kier molecular flexibility index (Phi) is 4.66. The Balaban J connectivity index is 2.04. The zero-order valence-corrected chi connectivity index (χ0v) is 14.3. The van der Waals surface area contributed by atoms with Crippen LogP contribution in [0.1, 0.15) is 54.4 Å². The lowest BCUT2D eigenvalue weighted by molar-refractivity contribution is -0.117. The Morgan fingerprint density at radius 1 is 1.25 bits per heavy atom. The average molecular weight is 327 g/mol. The number of hydrogen-bond donors (Lipinski definition) is 2. The number of aromatic nitrogens is 3. The van der Waals surface area contributed by atoms with Gasteiger partial charge in [0, 0.05) is 12.0 Å². The second kappa shape index (κ2) is 6.73. The SMILES string of the molecule is Cc1cccc(-n2nc(CC(N)=O)nc2C2CCC(N)CC2)c1C. The van der Waals surface area contributed by atoms with E-state index < -0.39 is 5.91 Å². The van der Waals surface area contributed by atoms with Gasteiger partial charge < -0.3 is 11.5 Å². The van der Waals surface area contributed by atoms with Crippen LogP contribution in [0.15, 0.2) is 18.2 Å². The molecule has 0 unspecified atom stereocenters. The van der Waals surface area contributed by atoms with Gasteiger partial charge in [0.05, 0.1) is 12.1 Å². The molecule has 0 spiro atoms. The van der Waals surface area contributed by atoms with Gasteiger partial charge in [-0.1, -0.05) is 12.1 Å². The van der Waals surface area contributed by atoms with Gasteiger partial charge in [-0.2, -0.15) is 5.10 Å². The fourth-order valence-corrected chi connectivity index (χ4v) is 3.38. The highest BCUT2D eigenvalue weighted by atomic mass is 16.1. The van der Waals surface area contributed by atoms with E-state index in [2.05, 4.69) is 30.0 Å². The second-order valence-corrected chi connectivity index (χ2v) is 6.77. The predicted octanol–water partition coefficient (Wildman–Crippen LogP) is 1.90. The molecule has 1 aromatic carbocycles. The predicted molar refractivity (Wildman–Crippen MR) is 92.9 cm³/mol. The first-order valence-electron chi connectivity index (χ1n) is 8.52. The number of carbonyl (C=O) groups excluding carboxylic acids is 1. The third-order valence-electron chi connectivity index (χ3n) is 4.95. The van der Waals surface area contributed by atoms with E-state index in [4.69, 9.17) is 11.5 Å². The highest BCUT2D eigenvalue weighted by Gasteiger charge is 2.26. The molecule has 6 nitrogen and oxygen atoms in total. The van der Waals surface area contributed by atoms with Gasteiger partial charge in [-0.3, -0.25) is 4.79 Å². The van der Waals surface area contributed by atoms with Crippen molar-refractivity contribution in [3.63, 3.8) is 0 Å². The standard InChI is InChI=1S/C18H25N5O/c1-11-4-3-5-15(12(11)2)23-18(13-6-8-14(19)9-7-13)21-17(22-23)10-16(20)24/h3-5,13-14H,6-10,19H2,1-2H3,(H2,20,24). The number of amides is 1. The molecule has 128 valence electrons. The van der Waals surface area contributed by atoms with Crippen molar-refractivity contribution in [3.8, 4) is 5.69 Å². The molecule has 0 atom stereocenters. The van der Waals surface area contributed by atoms with Crippen molar-refractivity contribution in [2.24, 2.45) is 11.5 Å². The molecule has 1 aliphatic carbocycles. The van der Waals surface area contributed by atoms with Crippen LogP contribution in [0.2, 0.25) is 0 Å². The minimum absolute atomic E-state index is 0.0666. The highest BCUT2D eigenvalue weighted by molar-refractivity contribution is 5.75. The topological polar surface area (TPSA) is 99.8 Å². The Labute approximate surface area is 142 Å². The fourth-order valence-electron chi connectivity index (χ4n) is 3.38. The summed E-state index contributed by atoms with van der Waals surface area (Å²) >= 11 is 0. The van der Waals surface area contributed by atoms with E-state index in [0.717, 1.165) is 37.2 Å². The third kappa shape index (κ3) is 3.33. The number of aryl methyl sites for hydroxylation is 1. The molecule has 1 aliphatic rings. The van der Waals surface area contributed by atoms with E-state index in [0.29, 0.717) is 11.7 Å². The summed E-state index contributed by atoms with van der Waals surface area (Å²) in [6, 6.07) is 6.43. The van der Waals surface area contributed by atoms with E-state index in [9.17, 15) is 4.79 Å². The molecule has 1 aromatic heterocycles. The van der Waals surface area contributed by atoms with Crippen LogP contribution in [-0.2, 0) is 11.2 Å². The lowest BCUT2D eigenvalue weighted by atomic mass is 9.86. The van der Waals surface area contributed by atoms with Crippen LogP contribution in [0, 0.1) is 13.8 Å². The maximum absolute atomic E-state index is 11.3. The summed E-state index contributed by atoms with van der Waals surface area (Å²) < 4.78 is 1.90. The van der Waals surface area contributed by atoms with Gasteiger partial charge in [0.25, 0.3) is 0 Å². The Morgan fingerprint density at radius 2 is 1.96 bits per heavy atom. The first-order chi connectivity index (χ1) is 11.5. The molecule has 2 aromatic rings. The molecule has 3 rings (SSSR count). The van der Waals surface area contributed by atoms with Gasteiger partial charge in [0.2, 0.25) is 5.91 Å². The average Bonchev–Trinajstić information content (AvgIpc) is 2.93. The fraction of sp³-hybridized carbons (Fsp3) is 0.500. The Morgan fingerprint density at radius 3 is 2.62 bits per heavy atom. The maximum atomic E-state index is 11.3. The third-order valence-corrected chi connectivity index (χ3v) is 4.95. The van der Waals surface area contributed by atoms with Crippen molar-refractivity contribution in [2.45, 2.75) is 57.9 Å². The molecule has 0 bridgehead atoms. The van der Waals surface area contributed by atoms with Crippen LogP contribution in [-0.4, -0.2) is 26.7 Å². The van der Waals surface area contributed by atoms with Crippen molar-refractivity contribution in [2.75, 3.05) is 0 Å². The van der Waals surface area contributed by atoms with Crippen molar-refractivity contribution in [1.29, 1.82) is 0 Å². The minimum atomic E-state index is -0.412. The second-order valence-electron chi connectivity index (χ2n) is 6.77. The number of hydrogen-bond acceptors (Lipinski definition) is 4. The van der Waals surface area contributed by atoms with Crippen LogP contribution in [0.5, 0.6) is 0 Å². The van der Waals surface area contributed by atoms with Crippen LogP contribution < -0.4 is 11.5 Å². The largest absolute Gasteiger partial charge is 0.369 e. The molecule has 24 heavy (non-hydrogen) atoms. The summed E-state index contributed by atoms with van der Waals surface area (Å²) in [5.74, 6) is 1.32. The number of primary amides is 1. The molecule has 0 radical (unpaired) electrons. The summed E-state index contributed by atoms with van der Waals surface area (Å²) in [6.45, 7) is 4.17. The monoisotopic (exact) mass is 327 g/mol. The lowest BCUT2D eigenvalue weighted by Gasteiger charge is -2.25. The number of benzene rings is 1. The first kappa shape index (κ1) is 16.6. The summed E-state index contributed by atoms with van der Waals surface area (Å²) in [7, 11) is 0. The van der Waals surface area contributed by atoms with Gasteiger partial charge in [0.15, 0.2) is 5.82 Å². The number of carbonyl (C=O) groups is 1. The number of rotatable bonds is 4. The maximum Gasteiger partial charge on any atom is 0.225 e.